The zero-order chi connectivity index (χ0) is 23.8. The second-order valence-corrected chi connectivity index (χ2v) is 9.35. The Kier molecular flexibility index (Phi) is 5.91. The maximum Gasteiger partial charge on any atom is 0.245 e. The third kappa shape index (κ3) is 4.21. The van der Waals surface area contributed by atoms with E-state index in [1.165, 1.54) is 5.56 Å². The van der Waals surface area contributed by atoms with Gasteiger partial charge in [-0.25, -0.2) is 9.97 Å². The minimum atomic E-state index is 0.156. The highest BCUT2D eigenvalue weighted by molar-refractivity contribution is 5.75. The topological polar surface area (TPSA) is 91.5 Å². The summed E-state index contributed by atoms with van der Waals surface area (Å²) in [5.74, 6) is 1.32. The lowest BCUT2D eigenvalue weighted by atomic mass is 10.0. The van der Waals surface area contributed by atoms with Gasteiger partial charge < -0.3 is 19.7 Å². The number of anilines is 1. The molecule has 0 saturated carbocycles. The van der Waals surface area contributed by atoms with Gasteiger partial charge in [0.05, 0.1) is 11.9 Å². The molecule has 1 aliphatic rings. The molecule has 1 aromatic carbocycles. The van der Waals surface area contributed by atoms with Crippen LogP contribution in [0, 0.1) is 12.8 Å². The molecule has 1 unspecified atom stereocenters. The van der Waals surface area contributed by atoms with Crippen LogP contribution in [-0.2, 0) is 6.42 Å². The van der Waals surface area contributed by atoms with Crippen LogP contribution in [-0.4, -0.2) is 55.3 Å². The first-order valence-corrected chi connectivity index (χ1v) is 11.9. The molecule has 0 aliphatic carbocycles. The molecular formula is C26H31N7O. The first-order valence-electron chi connectivity index (χ1n) is 11.9. The van der Waals surface area contributed by atoms with Gasteiger partial charge in [-0.15, -0.1) is 10.2 Å². The quantitative estimate of drug-likeness (QED) is 0.470. The predicted octanol–water partition coefficient (Wildman–Crippen LogP) is 3.86. The van der Waals surface area contributed by atoms with Gasteiger partial charge in [-0.3, -0.25) is 0 Å². The van der Waals surface area contributed by atoms with Crippen LogP contribution in [0.3, 0.4) is 0 Å². The Morgan fingerprint density at radius 2 is 2.00 bits per heavy atom. The van der Waals surface area contributed by atoms with Gasteiger partial charge in [-0.05, 0) is 54.2 Å². The predicted molar refractivity (Wildman–Crippen MR) is 134 cm³/mol. The second-order valence-electron chi connectivity index (χ2n) is 9.35. The summed E-state index contributed by atoms with van der Waals surface area (Å²) in [5.41, 5.74) is 6.27. The molecule has 34 heavy (non-hydrogen) atoms. The molecule has 1 aliphatic heterocycles. The summed E-state index contributed by atoms with van der Waals surface area (Å²) < 4.78 is 2.06. The SMILES string of the molecule is CCc1cc(-c2ccc(-c3cnc(N4CCNC(C(C)C)C4)nn3)c(O)c2)cn2cc(C)nc12. The van der Waals surface area contributed by atoms with Gasteiger partial charge in [0, 0.05) is 43.6 Å². The first kappa shape index (κ1) is 22.3. The third-order valence-electron chi connectivity index (χ3n) is 6.58. The highest BCUT2D eigenvalue weighted by atomic mass is 16.3. The number of phenolic OH excluding ortho intramolecular Hbond substituents is 1. The van der Waals surface area contributed by atoms with Crippen LogP contribution in [0.25, 0.3) is 28.0 Å². The molecule has 1 atom stereocenters. The van der Waals surface area contributed by atoms with Crippen LogP contribution in [0.1, 0.15) is 32.0 Å². The van der Waals surface area contributed by atoms with E-state index in [4.69, 9.17) is 0 Å². The van der Waals surface area contributed by atoms with E-state index in [-0.39, 0.29) is 5.75 Å². The van der Waals surface area contributed by atoms with Crippen LogP contribution in [0.2, 0.25) is 0 Å². The first-order chi connectivity index (χ1) is 16.4. The average molecular weight is 458 g/mol. The van der Waals surface area contributed by atoms with Crippen LogP contribution < -0.4 is 10.2 Å². The van der Waals surface area contributed by atoms with E-state index in [0.717, 1.165) is 48.5 Å². The summed E-state index contributed by atoms with van der Waals surface area (Å²) in [6, 6.07) is 8.21. The van der Waals surface area contributed by atoms with Crippen LogP contribution in [0.5, 0.6) is 5.75 Å². The number of fused-ring (bicyclic) bond motifs is 1. The average Bonchev–Trinajstić information content (AvgIpc) is 3.23. The number of imidazole rings is 1. The Hall–Kier alpha value is -3.52. The largest absolute Gasteiger partial charge is 0.507 e. The Labute approximate surface area is 199 Å². The summed E-state index contributed by atoms with van der Waals surface area (Å²) in [6.45, 7) is 11.2. The van der Waals surface area contributed by atoms with E-state index in [2.05, 4.69) is 67.8 Å². The van der Waals surface area contributed by atoms with Crippen molar-refractivity contribution in [1.82, 2.24) is 29.9 Å². The molecule has 4 aromatic rings. The molecular weight excluding hydrogens is 426 g/mol. The number of nitrogens with one attached hydrogen (secondary N) is 1. The molecule has 176 valence electrons. The molecule has 2 N–H and O–H groups in total. The van der Waals surface area contributed by atoms with E-state index < -0.39 is 0 Å². The van der Waals surface area contributed by atoms with Crippen LogP contribution >= 0.6 is 0 Å². The van der Waals surface area contributed by atoms with Crippen molar-refractivity contribution in [2.75, 3.05) is 24.5 Å². The van der Waals surface area contributed by atoms with Crippen LogP contribution in [0.4, 0.5) is 5.95 Å². The number of phenols is 1. The molecule has 1 saturated heterocycles. The number of hydrogen-bond acceptors (Lipinski definition) is 7. The van der Waals surface area contributed by atoms with Gasteiger partial charge in [-0.2, -0.15) is 0 Å². The van der Waals surface area contributed by atoms with Crippen molar-refractivity contribution in [3.8, 4) is 28.1 Å². The molecule has 3 aromatic heterocycles. The van der Waals surface area contributed by atoms with E-state index in [0.29, 0.717) is 29.2 Å². The van der Waals surface area contributed by atoms with Crippen molar-refractivity contribution in [3.63, 3.8) is 0 Å². The molecule has 0 amide bonds. The molecule has 0 spiro atoms. The normalized spacial score (nSPS) is 16.5. The van der Waals surface area contributed by atoms with Gasteiger partial charge >= 0.3 is 0 Å². The summed E-state index contributed by atoms with van der Waals surface area (Å²) >= 11 is 0. The lowest BCUT2D eigenvalue weighted by molar-refractivity contribution is 0.365. The molecule has 0 radical (unpaired) electrons. The highest BCUT2D eigenvalue weighted by Crippen LogP contribution is 2.33. The van der Waals surface area contributed by atoms with Crippen molar-refractivity contribution >= 4 is 11.6 Å². The molecule has 8 nitrogen and oxygen atoms in total. The number of pyridine rings is 1. The zero-order valence-corrected chi connectivity index (χ0v) is 20.2. The van der Waals surface area contributed by atoms with Gasteiger partial charge in [0.2, 0.25) is 5.95 Å². The number of piperazine rings is 1. The Bertz CT molecular complexity index is 1310. The van der Waals surface area contributed by atoms with E-state index in [9.17, 15) is 5.11 Å². The smallest absolute Gasteiger partial charge is 0.245 e. The van der Waals surface area contributed by atoms with Crippen molar-refractivity contribution in [3.05, 3.63) is 54.1 Å². The maximum atomic E-state index is 10.8. The van der Waals surface area contributed by atoms with Gasteiger partial charge in [0.1, 0.15) is 17.1 Å². The fraction of sp³-hybridized carbons (Fsp3) is 0.385. The second kappa shape index (κ2) is 9.02. The lowest BCUT2D eigenvalue weighted by Gasteiger charge is -2.35. The molecule has 8 heteroatoms. The monoisotopic (exact) mass is 457 g/mol. The molecule has 5 rings (SSSR count). The van der Waals surface area contributed by atoms with Crippen molar-refractivity contribution in [2.45, 2.75) is 40.2 Å². The molecule has 0 bridgehead atoms. The standard InChI is InChI=1S/C26H31N7O/c1-5-18-10-20(14-33-13-17(4)29-25(18)33)19-6-7-21(24(34)11-19)22-12-28-26(31-30-22)32-9-8-27-23(15-32)16(2)3/h6-7,10-14,16,23,27,34H,5,8-9,15H2,1-4H3. The zero-order valence-electron chi connectivity index (χ0n) is 20.2. The van der Waals surface area contributed by atoms with E-state index in [1.54, 1.807) is 12.3 Å². The molecule has 4 heterocycles. The Morgan fingerprint density at radius 3 is 2.71 bits per heavy atom. The van der Waals surface area contributed by atoms with Gasteiger partial charge in [0.15, 0.2) is 0 Å². The number of hydrogen-bond donors (Lipinski definition) is 2. The van der Waals surface area contributed by atoms with Gasteiger partial charge in [0.25, 0.3) is 0 Å². The fourth-order valence-corrected chi connectivity index (χ4v) is 4.58. The minimum Gasteiger partial charge on any atom is -0.507 e. The number of rotatable bonds is 5. The fourth-order valence-electron chi connectivity index (χ4n) is 4.58. The maximum absolute atomic E-state index is 10.8. The van der Waals surface area contributed by atoms with Crippen molar-refractivity contribution in [1.29, 1.82) is 0 Å². The third-order valence-corrected chi connectivity index (χ3v) is 6.58. The number of aromatic nitrogens is 5. The summed E-state index contributed by atoms with van der Waals surface area (Å²) in [6.07, 6.45) is 6.66. The van der Waals surface area contributed by atoms with Crippen LogP contribution in [0.15, 0.2) is 42.9 Å². The van der Waals surface area contributed by atoms with Gasteiger partial charge in [-0.1, -0.05) is 26.8 Å². The summed E-state index contributed by atoms with van der Waals surface area (Å²) in [7, 11) is 0. The Morgan fingerprint density at radius 1 is 1.15 bits per heavy atom. The van der Waals surface area contributed by atoms with Crippen molar-refractivity contribution < 1.29 is 5.11 Å². The number of benzene rings is 1. The lowest BCUT2D eigenvalue weighted by Crippen LogP contribution is -2.53. The number of nitrogens with zero attached hydrogens (tertiary/aromatic N) is 6. The number of aryl methyl sites for hydroxylation is 2. The van der Waals surface area contributed by atoms with E-state index in [1.807, 2.05) is 25.3 Å². The van der Waals surface area contributed by atoms with Crippen molar-refractivity contribution in [2.24, 2.45) is 5.92 Å². The summed E-state index contributed by atoms with van der Waals surface area (Å²) in [4.78, 5) is 11.4. The number of aromatic hydroxyl groups is 1. The Balaban J connectivity index is 1.40. The molecule has 1 fully saturated rings. The highest BCUT2D eigenvalue weighted by Gasteiger charge is 2.24. The minimum absolute atomic E-state index is 0.156. The van der Waals surface area contributed by atoms with E-state index >= 15 is 0 Å². The summed E-state index contributed by atoms with van der Waals surface area (Å²) in [5, 5.41) is 23.1.